The summed E-state index contributed by atoms with van der Waals surface area (Å²) in [6.45, 7) is 5.97. The molecule has 140 valence electrons. The zero-order valence-corrected chi connectivity index (χ0v) is 14.7. The van der Waals surface area contributed by atoms with Crippen LogP contribution < -0.4 is 5.32 Å². The molecule has 3 rings (SSSR count). The third-order valence-electron chi connectivity index (χ3n) is 4.52. The molecule has 1 aromatic carbocycles. The van der Waals surface area contributed by atoms with E-state index in [-0.39, 0.29) is 5.91 Å². The maximum Gasteiger partial charge on any atom is 0.328 e. The molecule has 0 aromatic heterocycles. The zero-order valence-electron chi connectivity index (χ0n) is 14.7. The van der Waals surface area contributed by atoms with Gasteiger partial charge < -0.3 is 20.4 Å². The van der Waals surface area contributed by atoms with Crippen molar-refractivity contribution in [1.82, 2.24) is 10.2 Å². The van der Waals surface area contributed by atoms with E-state index in [2.05, 4.69) is 10.2 Å². The standard InChI is InChI=1S/C15H20N2O.C4H4O4/c1-11-4-2-3-5-14(11)15(18)17-9-12-6-13(10-17)8-16-7-12;5-3(6)1-2-4(7)8/h2-5,12-13,16H,6-10H2,1H3;1-2H,(H,5,6)(H,7,8)/b;2-1+/t12-,13+;. The molecule has 1 aromatic rings. The highest BCUT2D eigenvalue weighted by Gasteiger charge is 2.33. The minimum atomic E-state index is -1.26. The van der Waals surface area contributed by atoms with Crippen LogP contribution in [0.4, 0.5) is 0 Å². The van der Waals surface area contributed by atoms with E-state index >= 15 is 0 Å². The predicted octanol–water partition coefficient (Wildman–Crippen LogP) is 1.39. The van der Waals surface area contributed by atoms with E-state index in [0.717, 1.165) is 37.3 Å². The summed E-state index contributed by atoms with van der Waals surface area (Å²) in [5.41, 5.74) is 1.95. The number of hydrogen-bond donors (Lipinski definition) is 3. The fourth-order valence-electron chi connectivity index (χ4n) is 3.40. The van der Waals surface area contributed by atoms with Crippen LogP contribution in [0.5, 0.6) is 0 Å². The van der Waals surface area contributed by atoms with Crippen molar-refractivity contribution in [3.63, 3.8) is 0 Å². The molecule has 7 nitrogen and oxygen atoms in total. The van der Waals surface area contributed by atoms with E-state index in [1.165, 1.54) is 6.42 Å². The highest BCUT2D eigenvalue weighted by molar-refractivity contribution is 5.95. The Morgan fingerprint density at radius 1 is 1.04 bits per heavy atom. The topological polar surface area (TPSA) is 107 Å². The number of aliphatic carboxylic acids is 2. The van der Waals surface area contributed by atoms with Crippen molar-refractivity contribution in [2.75, 3.05) is 26.2 Å². The van der Waals surface area contributed by atoms with Gasteiger partial charge in [0, 0.05) is 30.8 Å². The Labute approximate surface area is 152 Å². The van der Waals surface area contributed by atoms with E-state index in [4.69, 9.17) is 10.2 Å². The van der Waals surface area contributed by atoms with Gasteiger partial charge in [-0.25, -0.2) is 9.59 Å². The van der Waals surface area contributed by atoms with Gasteiger partial charge in [-0.05, 0) is 49.9 Å². The summed E-state index contributed by atoms with van der Waals surface area (Å²) in [7, 11) is 0. The maximum atomic E-state index is 12.6. The van der Waals surface area contributed by atoms with Crippen molar-refractivity contribution in [1.29, 1.82) is 0 Å². The largest absolute Gasteiger partial charge is 0.478 e. The Morgan fingerprint density at radius 3 is 2.08 bits per heavy atom. The molecule has 7 heteroatoms. The van der Waals surface area contributed by atoms with Crippen LogP contribution in [-0.4, -0.2) is 59.1 Å². The van der Waals surface area contributed by atoms with Gasteiger partial charge >= 0.3 is 11.9 Å². The van der Waals surface area contributed by atoms with Gasteiger partial charge in [0.05, 0.1) is 0 Å². The number of benzene rings is 1. The molecule has 0 unspecified atom stereocenters. The lowest BCUT2D eigenvalue weighted by Gasteiger charge is -2.41. The predicted molar refractivity (Wildman–Crippen MR) is 96.0 cm³/mol. The maximum absolute atomic E-state index is 12.6. The normalized spacial score (nSPS) is 21.7. The first-order valence-electron chi connectivity index (χ1n) is 8.56. The molecular formula is C19H24N2O5. The molecule has 3 N–H and O–H groups in total. The number of hydrogen-bond acceptors (Lipinski definition) is 4. The summed E-state index contributed by atoms with van der Waals surface area (Å²) in [4.78, 5) is 33.7. The lowest BCUT2D eigenvalue weighted by Crippen LogP contribution is -2.52. The molecule has 1 amide bonds. The van der Waals surface area contributed by atoms with Gasteiger partial charge in [0.25, 0.3) is 5.91 Å². The van der Waals surface area contributed by atoms with E-state index in [9.17, 15) is 14.4 Å². The van der Waals surface area contributed by atoms with Crippen molar-refractivity contribution in [2.45, 2.75) is 13.3 Å². The van der Waals surface area contributed by atoms with Crippen LogP contribution in [0.3, 0.4) is 0 Å². The van der Waals surface area contributed by atoms with Gasteiger partial charge in [0.2, 0.25) is 0 Å². The van der Waals surface area contributed by atoms with Crippen LogP contribution in [0.25, 0.3) is 0 Å². The first-order chi connectivity index (χ1) is 12.4. The molecule has 2 saturated heterocycles. The van der Waals surface area contributed by atoms with Gasteiger partial charge in [0.1, 0.15) is 0 Å². The minimum absolute atomic E-state index is 0.213. The summed E-state index contributed by atoms with van der Waals surface area (Å²) < 4.78 is 0. The van der Waals surface area contributed by atoms with Crippen molar-refractivity contribution in [2.24, 2.45) is 11.8 Å². The molecule has 2 aliphatic heterocycles. The Hall–Kier alpha value is -2.67. The summed E-state index contributed by atoms with van der Waals surface area (Å²) in [5.74, 6) is -1.01. The summed E-state index contributed by atoms with van der Waals surface area (Å²) in [6, 6.07) is 7.90. The number of piperidine rings is 2. The Balaban J connectivity index is 0.000000260. The fraction of sp³-hybridized carbons (Fsp3) is 0.421. The molecule has 2 aliphatic rings. The quantitative estimate of drug-likeness (QED) is 0.703. The molecule has 2 fully saturated rings. The van der Waals surface area contributed by atoms with E-state index < -0.39 is 11.9 Å². The number of rotatable bonds is 3. The average Bonchev–Trinajstić information content (AvgIpc) is 2.60. The monoisotopic (exact) mass is 360 g/mol. The van der Waals surface area contributed by atoms with E-state index in [1.54, 1.807) is 0 Å². The third-order valence-corrected chi connectivity index (χ3v) is 4.52. The molecule has 2 atom stereocenters. The molecule has 0 aliphatic carbocycles. The third kappa shape index (κ3) is 5.70. The number of carbonyl (C=O) groups is 3. The second-order valence-electron chi connectivity index (χ2n) is 6.66. The summed E-state index contributed by atoms with van der Waals surface area (Å²) in [6.07, 6.45) is 2.40. The number of carboxylic acids is 2. The SMILES string of the molecule is Cc1ccccc1C(=O)N1C[C@@H]2CNC[C@@H](C2)C1.O=C(O)/C=C/C(=O)O. The van der Waals surface area contributed by atoms with Gasteiger partial charge in [-0.15, -0.1) is 0 Å². The van der Waals surface area contributed by atoms with Crippen molar-refractivity contribution >= 4 is 17.8 Å². The minimum Gasteiger partial charge on any atom is -0.478 e. The Kier molecular flexibility index (Phi) is 6.91. The zero-order chi connectivity index (χ0) is 19.1. The second-order valence-corrected chi connectivity index (χ2v) is 6.66. The first-order valence-corrected chi connectivity index (χ1v) is 8.56. The van der Waals surface area contributed by atoms with Crippen molar-refractivity contribution < 1.29 is 24.6 Å². The first kappa shape index (κ1) is 19.7. The van der Waals surface area contributed by atoms with E-state index in [0.29, 0.717) is 24.0 Å². The number of likely N-dealkylation sites (tertiary alicyclic amines) is 1. The number of nitrogens with zero attached hydrogens (tertiary/aromatic N) is 1. The second kappa shape index (κ2) is 9.15. The van der Waals surface area contributed by atoms with Crippen LogP contribution >= 0.6 is 0 Å². The van der Waals surface area contributed by atoms with Crippen molar-refractivity contribution in [3.05, 3.63) is 47.5 Å². The number of fused-ring (bicyclic) bond motifs is 2. The Morgan fingerprint density at radius 2 is 1.58 bits per heavy atom. The van der Waals surface area contributed by atoms with Gasteiger partial charge in [0.15, 0.2) is 0 Å². The van der Waals surface area contributed by atoms with Gasteiger partial charge in [-0.3, -0.25) is 4.79 Å². The number of nitrogens with one attached hydrogen (secondary N) is 1. The number of aryl methyl sites for hydroxylation is 1. The number of amides is 1. The lowest BCUT2D eigenvalue weighted by molar-refractivity contribution is -0.134. The molecular weight excluding hydrogens is 336 g/mol. The van der Waals surface area contributed by atoms with Crippen LogP contribution in [0.2, 0.25) is 0 Å². The lowest BCUT2D eigenvalue weighted by atomic mass is 9.85. The molecule has 2 bridgehead atoms. The van der Waals surface area contributed by atoms with Crippen LogP contribution in [-0.2, 0) is 9.59 Å². The fourth-order valence-corrected chi connectivity index (χ4v) is 3.40. The highest BCUT2D eigenvalue weighted by atomic mass is 16.4. The van der Waals surface area contributed by atoms with Crippen molar-refractivity contribution in [3.8, 4) is 0 Å². The highest BCUT2D eigenvalue weighted by Crippen LogP contribution is 2.26. The van der Waals surface area contributed by atoms with Crippen LogP contribution in [0.15, 0.2) is 36.4 Å². The average molecular weight is 360 g/mol. The molecule has 0 saturated carbocycles. The number of carboxylic acid groups (broad SMARTS) is 2. The molecule has 0 radical (unpaired) electrons. The number of carbonyl (C=O) groups excluding carboxylic acids is 1. The molecule has 0 spiro atoms. The molecule has 2 heterocycles. The van der Waals surface area contributed by atoms with E-state index in [1.807, 2.05) is 31.2 Å². The Bertz CT molecular complexity index is 673. The van der Waals surface area contributed by atoms with Gasteiger partial charge in [-0.1, -0.05) is 18.2 Å². The summed E-state index contributed by atoms with van der Waals surface area (Å²) >= 11 is 0. The molecule has 26 heavy (non-hydrogen) atoms. The van der Waals surface area contributed by atoms with Crippen LogP contribution in [0.1, 0.15) is 22.3 Å². The smallest absolute Gasteiger partial charge is 0.328 e. The van der Waals surface area contributed by atoms with Crippen LogP contribution in [0, 0.1) is 18.8 Å². The van der Waals surface area contributed by atoms with Gasteiger partial charge in [-0.2, -0.15) is 0 Å². The summed E-state index contributed by atoms with van der Waals surface area (Å²) in [5, 5.41) is 19.1.